The molecule has 0 saturated carbocycles. The van der Waals surface area contributed by atoms with Gasteiger partial charge in [0.05, 0.1) is 0 Å². The van der Waals surface area contributed by atoms with Crippen LogP contribution in [-0.4, -0.2) is 32.8 Å². The highest BCUT2D eigenvalue weighted by atomic mass is 32.2. The minimum atomic E-state index is -2.72. The molecule has 4 N–H and O–H groups in total. The van der Waals surface area contributed by atoms with Crippen LogP contribution >= 0.6 is 0 Å². The second-order valence-electron chi connectivity index (χ2n) is 4.54. The van der Waals surface area contributed by atoms with Crippen LogP contribution < -0.4 is 5.73 Å². The molecule has 6 heteroatoms. The van der Waals surface area contributed by atoms with E-state index in [1.165, 1.54) is 0 Å². The van der Waals surface area contributed by atoms with Gasteiger partial charge >= 0.3 is 5.97 Å². The van der Waals surface area contributed by atoms with E-state index in [1.54, 1.807) is 0 Å². The molecule has 0 aliphatic heterocycles. The largest absolute Gasteiger partial charge is 0.480 e. The van der Waals surface area contributed by atoms with Crippen molar-refractivity contribution in [1.82, 2.24) is 0 Å². The Labute approximate surface area is 113 Å². The van der Waals surface area contributed by atoms with Gasteiger partial charge in [0.15, 0.2) is 0 Å². The summed E-state index contributed by atoms with van der Waals surface area (Å²) in [6.45, 7) is 0. The monoisotopic (exact) mass is 284 g/mol. The van der Waals surface area contributed by atoms with Crippen molar-refractivity contribution in [3.8, 4) is 0 Å². The molecule has 0 aliphatic carbocycles. The van der Waals surface area contributed by atoms with Crippen LogP contribution in [0.1, 0.15) is 18.4 Å². The van der Waals surface area contributed by atoms with Crippen molar-refractivity contribution in [1.29, 1.82) is 4.78 Å². The topological polar surface area (TPSA) is 104 Å². The summed E-state index contributed by atoms with van der Waals surface area (Å²) < 4.78 is 19.6. The Morgan fingerprint density at radius 2 is 1.95 bits per heavy atom. The van der Waals surface area contributed by atoms with Crippen molar-refractivity contribution < 1.29 is 14.1 Å². The second-order valence-corrected chi connectivity index (χ2v) is 6.98. The van der Waals surface area contributed by atoms with Crippen LogP contribution in [0.4, 0.5) is 0 Å². The number of carbonyl (C=O) groups is 1. The summed E-state index contributed by atoms with van der Waals surface area (Å²) in [7, 11) is -2.72. The van der Waals surface area contributed by atoms with Gasteiger partial charge in [0.1, 0.15) is 6.04 Å². The molecule has 0 amide bonds. The molecule has 0 heterocycles. The zero-order valence-electron chi connectivity index (χ0n) is 10.7. The molecule has 2 atom stereocenters. The molecular weight excluding hydrogens is 264 g/mol. The van der Waals surface area contributed by atoms with E-state index < -0.39 is 21.7 Å². The van der Waals surface area contributed by atoms with Crippen LogP contribution in [0, 0.1) is 4.78 Å². The van der Waals surface area contributed by atoms with E-state index in [-0.39, 0.29) is 17.9 Å². The lowest BCUT2D eigenvalue weighted by Gasteiger charge is -2.09. The SMILES string of the molecule is N=S(=O)(CCCc1ccccc1)CC[C@H](N)C(=O)O. The molecule has 19 heavy (non-hydrogen) atoms. The lowest BCUT2D eigenvalue weighted by molar-refractivity contribution is -0.138. The predicted octanol–water partition coefficient (Wildman–Crippen LogP) is 1.47. The maximum atomic E-state index is 11.9. The number of rotatable bonds is 8. The number of carboxylic acids is 1. The predicted molar refractivity (Wildman–Crippen MR) is 75.6 cm³/mol. The van der Waals surface area contributed by atoms with E-state index in [0.29, 0.717) is 6.42 Å². The molecule has 0 aromatic heterocycles. The number of nitrogens with two attached hydrogens (primary N) is 1. The summed E-state index contributed by atoms with van der Waals surface area (Å²) >= 11 is 0. The maximum absolute atomic E-state index is 11.9. The molecule has 1 aromatic rings. The fourth-order valence-corrected chi connectivity index (χ4v) is 3.15. The lowest BCUT2D eigenvalue weighted by Crippen LogP contribution is -2.32. The first-order chi connectivity index (χ1) is 8.91. The highest BCUT2D eigenvalue weighted by molar-refractivity contribution is 7.92. The molecule has 1 unspecified atom stereocenters. The van der Waals surface area contributed by atoms with Gasteiger partial charge in [-0.15, -0.1) is 0 Å². The van der Waals surface area contributed by atoms with Gasteiger partial charge in [0, 0.05) is 21.2 Å². The fourth-order valence-electron chi connectivity index (χ4n) is 1.70. The minimum absolute atomic E-state index is 0.0508. The number of aryl methyl sites for hydroxylation is 1. The molecular formula is C13H20N2O3S. The molecule has 106 valence electrons. The van der Waals surface area contributed by atoms with Crippen molar-refractivity contribution in [3.63, 3.8) is 0 Å². The molecule has 0 bridgehead atoms. The van der Waals surface area contributed by atoms with Crippen molar-refractivity contribution in [2.45, 2.75) is 25.3 Å². The van der Waals surface area contributed by atoms with Gasteiger partial charge in [-0.3, -0.25) is 9.57 Å². The third-order valence-electron chi connectivity index (χ3n) is 2.86. The summed E-state index contributed by atoms with van der Waals surface area (Å²) in [5.74, 6) is -0.775. The van der Waals surface area contributed by atoms with Gasteiger partial charge < -0.3 is 10.8 Å². The molecule has 0 saturated heterocycles. The first kappa shape index (κ1) is 15.7. The van der Waals surface area contributed by atoms with E-state index in [4.69, 9.17) is 15.6 Å². The average Bonchev–Trinajstić information content (AvgIpc) is 2.37. The van der Waals surface area contributed by atoms with Gasteiger partial charge in [-0.1, -0.05) is 30.3 Å². The standard InChI is InChI=1S/C13H20N2O3S/c14-12(13(16)17)8-10-19(15,18)9-4-7-11-5-2-1-3-6-11/h1-3,5-6,12,15H,4,7-10,14H2,(H,16,17)/t12-,19?/m0/s1. The number of hydrogen-bond donors (Lipinski definition) is 3. The van der Waals surface area contributed by atoms with Crippen molar-refractivity contribution in [2.24, 2.45) is 5.73 Å². The summed E-state index contributed by atoms with van der Waals surface area (Å²) in [6, 6.07) is 8.78. The van der Waals surface area contributed by atoms with E-state index >= 15 is 0 Å². The molecule has 0 aliphatic rings. The molecule has 0 fully saturated rings. The third-order valence-corrected chi connectivity index (χ3v) is 4.70. The Bertz CT molecular complexity index is 500. The molecule has 0 radical (unpaired) electrons. The summed E-state index contributed by atoms with van der Waals surface area (Å²) in [5.41, 5.74) is 6.49. The van der Waals surface area contributed by atoms with Crippen LogP contribution in [0.15, 0.2) is 30.3 Å². The zero-order chi connectivity index (χ0) is 14.3. The van der Waals surface area contributed by atoms with E-state index in [1.807, 2.05) is 30.3 Å². The first-order valence-electron chi connectivity index (χ1n) is 6.17. The Kier molecular flexibility index (Phi) is 5.98. The molecule has 0 spiro atoms. The quantitative estimate of drug-likeness (QED) is 0.672. The van der Waals surface area contributed by atoms with E-state index in [0.717, 1.165) is 12.0 Å². The van der Waals surface area contributed by atoms with Gasteiger partial charge in [-0.2, -0.15) is 0 Å². The fraction of sp³-hybridized carbons (Fsp3) is 0.462. The van der Waals surface area contributed by atoms with Crippen LogP contribution in [-0.2, 0) is 20.9 Å². The smallest absolute Gasteiger partial charge is 0.320 e. The number of hydrogen-bond acceptors (Lipinski definition) is 4. The van der Waals surface area contributed by atoms with E-state index in [2.05, 4.69) is 0 Å². The van der Waals surface area contributed by atoms with Crippen molar-refractivity contribution in [3.05, 3.63) is 35.9 Å². The van der Waals surface area contributed by atoms with Crippen LogP contribution in [0.3, 0.4) is 0 Å². The maximum Gasteiger partial charge on any atom is 0.320 e. The van der Waals surface area contributed by atoms with Crippen molar-refractivity contribution >= 4 is 15.7 Å². The van der Waals surface area contributed by atoms with E-state index in [9.17, 15) is 9.00 Å². The van der Waals surface area contributed by atoms with Crippen LogP contribution in [0.25, 0.3) is 0 Å². The Morgan fingerprint density at radius 1 is 1.32 bits per heavy atom. The van der Waals surface area contributed by atoms with Crippen LogP contribution in [0.2, 0.25) is 0 Å². The number of benzene rings is 1. The number of carboxylic acid groups (broad SMARTS) is 1. The average molecular weight is 284 g/mol. The number of aliphatic carboxylic acids is 1. The summed E-state index contributed by atoms with van der Waals surface area (Å²) in [5, 5.41) is 8.62. The van der Waals surface area contributed by atoms with Gasteiger partial charge in [-0.25, -0.2) is 4.21 Å². The zero-order valence-corrected chi connectivity index (χ0v) is 11.6. The third kappa shape index (κ3) is 6.35. The molecule has 1 aromatic carbocycles. The highest BCUT2D eigenvalue weighted by Gasteiger charge is 2.15. The number of nitrogens with one attached hydrogen (secondary N) is 1. The summed E-state index contributed by atoms with van der Waals surface area (Å²) in [6.07, 6.45) is 1.53. The minimum Gasteiger partial charge on any atom is -0.480 e. The molecule has 1 rings (SSSR count). The van der Waals surface area contributed by atoms with Gasteiger partial charge in [0.25, 0.3) is 0 Å². The summed E-state index contributed by atoms with van der Waals surface area (Å²) in [4.78, 5) is 10.5. The van der Waals surface area contributed by atoms with Crippen LogP contribution in [0.5, 0.6) is 0 Å². The van der Waals surface area contributed by atoms with Gasteiger partial charge in [-0.05, 0) is 24.8 Å². The highest BCUT2D eigenvalue weighted by Crippen LogP contribution is 2.06. The Hall–Kier alpha value is -1.40. The second kappa shape index (κ2) is 7.25. The normalized spacial score (nSPS) is 15.6. The first-order valence-corrected chi connectivity index (χ1v) is 8.07. The van der Waals surface area contributed by atoms with Crippen molar-refractivity contribution in [2.75, 3.05) is 11.5 Å². The van der Waals surface area contributed by atoms with Gasteiger partial charge in [0.2, 0.25) is 0 Å². The lowest BCUT2D eigenvalue weighted by atomic mass is 10.1. The molecule has 5 nitrogen and oxygen atoms in total. The Morgan fingerprint density at radius 3 is 2.53 bits per heavy atom. The Balaban J connectivity index is 2.33.